The molecule has 6 heteroatoms. The number of halogens is 4. The molecule has 0 aromatic rings. The van der Waals surface area contributed by atoms with Crippen LogP contribution in [-0.2, 0) is 20.2 Å². The Balaban J connectivity index is 0. The SMILES string of the molecule is C[C]1[C](C)[C](C)[C](C)[C]1C.C[C]1[C](C)[C](C)[C](C)[C]1C.[I][Rh][I].[I][Rh][I]. The molecule has 2 rings (SSSR count). The van der Waals surface area contributed by atoms with Crippen molar-refractivity contribution in [1.29, 1.82) is 0 Å². The second-order valence-corrected chi connectivity index (χ2v) is 31.6. The zero-order chi connectivity index (χ0) is 21.2. The molecule has 0 atom stereocenters. The fourth-order valence-corrected chi connectivity index (χ4v) is 2.81. The molecule has 0 spiro atoms. The van der Waals surface area contributed by atoms with Gasteiger partial charge in [0.25, 0.3) is 0 Å². The van der Waals surface area contributed by atoms with E-state index in [1.54, 1.807) is 0 Å². The summed E-state index contributed by atoms with van der Waals surface area (Å²) in [5.74, 6) is 14.7. The standard InChI is InChI=1S/2C10H15.4HI.2Rh/c2*1-6-7(2)9(4)10(5)8(6)3;;;;;;/h2*1-5H3;4*1H;;/q;;;;;;2*+2/p-4. The molecule has 0 N–H and O–H groups in total. The Labute approximate surface area is 223 Å². The van der Waals surface area contributed by atoms with Crippen LogP contribution >= 0.6 is 79.0 Å². The van der Waals surface area contributed by atoms with Gasteiger partial charge in [0.15, 0.2) is 0 Å². The monoisotopic (exact) mass is 984 g/mol. The molecular formula is C20H30I4Rh2. The van der Waals surface area contributed by atoms with Gasteiger partial charge in [0.2, 0.25) is 0 Å². The molecular weight excluding hydrogens is 954 g/mol. The summed E-state index contributed by atoms with van der Waals surface area (Å²) in [7, 11) is 1.54. The van der Waals surface area contributed by atoms with Gasteiger partial charge < -0.3 is 0 Å². The summed E-state index contributed by atoms with van der Waals surface area (Å²) >= 11 is 9.38. The molecule has 2 saturated carbocycles. The maximum absolute atomic E-state index is 2.35. The summed E-state index contributed by atoms with van der Waals surface area (Å²) in [6, 6.07) is 0. The van der Waals surface area contributed by atoms with Crippen LogP contribution in [0.4, 0.5) is 0 Å². The van der Waals surface area contributed by atoms with E-state index in [-0.39, 0.29) is 0 Å². The number of rotatable bonds is 0. The van der Waals surface area contributed by atoms with Crippen molar-refractivity contribution < 1.29 is 20.2 Å². The Morgan fingerprint density at radius 3 is 0.385 bits per heavy atom. The molecule has 0 aromatic carbocycles. The summed E-state index contributed by atoms with van der Waals surface area (Å²) in [6.45, 7) is 22.0. The summed E-state index contributed by atoms with van der Waals surface area (Å²) in [5, 5.41) is 0. The second kappa shape index (κ2) is 17.7. The summed E-state index contributed by atoms with van der Waals surface area (Å²) in [6.07, 6.45) is 0. The summed E-state index contributed by atoms with van der Waals surface area (Å²) in [5.41, 5.74) is 0. The fourth-order valence-electron chi connectivity index (χ4n) is 2.81. The molecule has 0 heterocycles. The van der Waals surface area contributed by atoms with Crippen molar-refractivity contribution in [3.05, 3.63) is 59.2 Å². The van der Waals surface area contributed by atoms with Gasteiger partial charge in [-0.05, 0) is 59.2 Å². The zero-order valence-corrected chi connectivity index (χ0v) is 29.1. The van der Waals surface area contributed by atoms with Gasteiger partial charge in [-0.3, -0.25) is 0 Å². The minimum atomic E-state index is 0.770. The van der Waals surface area contributed by atoms with Crippen LogP contribution in [0.15, 0.2) is 0 Å². The van der Waals surface area contributed by atoms with E-state index >= 15 is 0 Å². The van der Waals surface area contributed by atoms with Crippen molar-refractivity contribution in [3.63, 3.8) is 0 Å². The summed E-state index contributed by atoms with van der Waals surface area (Å²) in [4.78, 5) is 0. The molecule has 2 aliphatic rings. The normalized spacial score (nSPS) is 23.6. The van der Waals surface area contributed by atoms with Gasteiger partial charge in [-0.25, -0.2) is 0 Å². The molecule has 0 saturated heterocycles. The molecule has 26 heavy (non-hydrogen) atoms. The van der Waals surface area contributed by atoms with Crippen molar-refractivity contribution in [1.82, 2.24) is 0 Å². The van der Waals surface area contributed by atoms with E-state index in [0.717, 1.165) is 20.2 Å². The van der Waals surface area contributed by atoms with Gasteiger partial charge in [-0.2, -0.15) is 0 Å². The van der Waals surface area contributed by atoms with Crippen LogP contribution in [0.25, 0.3) is 0 Å². The Hall–Kier alpha value is 4.17. The van der Waals surface area contributed by atoms with E-state index in [4.69, 9.17) is 0 Å². The van der Waals surface area contributed by atoms with E-state index < -0.39 is 0 Å². The molecule has 2 fully saturated rings. The molecule has 2 aliphatic carbocycles. The van der Waals surface area contributed by atoms with Gasteiger partial charge >= 0.3 is 99.2 Å². The van der Waals surface area contributed by atoms with Crippen LogP contribution in [0.3, 0.4) is 0 Å². The van der Waals surface area contributed by atoms with E-state index in [1.165, 1.54) is 59.2 Å². The maximum atomic E-state index is 2.35. The van der Waals surface area contributed by atoms with Crippen LogP contribution < -0.4 is 0 Å². The third-order valence-electron chi connectivity index (χ3n) is 5.62. The predicted molar refractivity (Wildman–Crippen MR) is 145 cm³/mol. The van der Waals surface area contributed by atoms with Crippen LogP contribution in [0, 0.1) is 59.2 Å². The molecule has 0 unspecified atom stereocenters. The van der Waals surface area contributed by atoms with Crippen molar-refractivity contribution in [2.45, 2.75) is 69.2 Å². The Bertz CT molecular complexity index is 224. The number of hydrogen-bond acceptors (Lipinski definition) is 0. The molecule has 156 valence electrons. The van der Waals surface area contributed by atoms with Crippen LogP contribution in [0.1, 0.15) is 69.2 Å². The number of hydrogen-bond donors (Lipinski definition) is 0. The Kier molecular flexibility index (Phi) is 22.0. The Morgan fingerprint density at radius 2 is 0.346 bits per heavy atom. The molecule has 0 aliphatic heterocycles. The van der Waals surface area contributed by atoms with Crippen LogP contribution in [0.2, 0.25) is 0 Å². The van der Waals surface area contributed by atoms with Crippen molar-refractivity contribution >= 4 is 79.0 Å². The van der Waals surface area contributed by atoms with Gasteiger partial charge in [-0.1, -0.05) is 69.2 Å². The quantitative estimate of drug-likeness (QED) is 0.168. The first-order valence-corrected chi connectivity index (χ1v) is 27.5. The van der Waals surface area contributed by atoms with Crippen molar-refractivity contribution in [3.8, 4) is 0 Å². The second-order valence-electron chi connectivity index (χ2n) is 6.35. The topological polar surface area (TPSA) is 0 Å². The van der Waals surface area contributed by atoms with Crippen molar-refractivity contribution in [2.24, 2.45) is 0 Å². The first-order valence-electron chi connectivity index (χ1n) is 8.00. The third kappa shape index (κ3) is 10.7. The average molecular weight is 984 g/mol. The Morgan fingerprint density at radius 1 is 0.308 bits per heavy atom. The molecule has 10 radical (unpaired) electrons. The first-order chi connectivity index (χ1) is 11.9. The van der Waals surface area contributed by atoms with E-state index in [1.807, 2.05) is 0 Å². The molecule has 0 bridgehead atoms. The van der Waals surface area contributed by atoms with Gasteiger partial charge in [0, 0.05) is 0 Å². The average Bonchev–Trinajstić information content (AvgIpc) is 2.87. The van der Waals surface area contributed by atoms with Crippen LogP contribution in [0.5, 0.6) is 0 Å². The fraction of sp³-hybridized carbons (Fsp3) is 0.500. The molecule has 0 amide bonds. The third-order valence-corrected chi connectivity index (χ3v) is 5.62. The minimum absolute atomic E-state index is 0.770. The van der Waals surface area contributed by atoms with E-state index in [9.17, 15) is 0 Å². The van der Waals surface area contributed by atoms with Crippen LogP contribution in [-0.4, -0.2) is 0 Å². The molecule has 0 aromatic heterocycles. The predicted octanol–water partition coefficient (Wildman–Crippen LogP) is 9.48. The van der Waals surface area contributed by atoms with Gasteiger partial charge in [-0.15, -0.1) is 0 Å². The van der Waals surface area contributed by atoms with E-state index in [0.29, 0.717) is 0 Å². The summed E-state index contributed by atoms with van der Waals surface area (Å²) < 4.78 is 0. The molecule has 0 nitrogen and oxygen atoms in total. The van der Waals surface area contributed by atoms with E-state index in [2.05, 4.69) is 148 Å². The van der Waals surface area contributed by atoms with Gasteiger partial charge in [0.05, 0.1) is 0 Å². The van der Waals surface area contributed by atoms with Gasteiger partial charge in [0.1, 0.15) is 0 Å². The first kappa shape index (κ1) is 32.3. The van der Waals surface area contributed by atoms with Crippen molar-refractivity contribution in [2.75, 3.05) is 0 Å². The zero-order valence-electron chi connectivity index (χ0n) is 17.2.